The summed E-state index contributed by atoms with van der Waals surface area (Å²) in [6.07, 6.45) is 59.7. The molecule has 338 valence electrons. The van der Waals surface area contributed by atoms with Crippen molar-refractivity contribution >= 4 is 11.9 Å². The van der Waals surface area contributed by atoms with Crippen LogP contribution in [0.4, 0.5) is 0 Å². The van der Waals surface area contributed by atoms with Crippen molar-refractivity contribution in [3.63, 3.8) is 0 Å². The number of hydrogen-bond acceptors (Lipinski definition) is 5. The third-order valence-electron chi connectivity index (χ3n) is 10.8. The lowest BCUT2D eigenvalue weighted by molar-refractivity contribution is -0.163. The van der Waals surface area contributed by atoms with Crippen molar-refractivity contribution in [1.82, 2.24) is 0 Å². The number of carbonyl (C=O) groups excluding carboxylic acids is 2. The van der Waals surface area contributed by atoms with Crippen LogP contribution in [0.25, 0.3) is 0 Å². The summed E-state index contributed by atoms with van der Waals surface area (Å²) in [5.41, 5.74) is 0. The Morgan fingerprint density at radius 2 is 0.724 bits per heavy atom. The van der Waals surface area contributed by atoms with Gasteiger partial charge in [0.05, 0.1) is 6.61 Å². The first-order chi connectivity index (χ1) is 28.6. The van der Waals surface area contributed by atoms with Crippen LogP contribution in [-0.4, -0.2) is 37.9 Å². The van der Waals surface area contributed by atoms with Crippen LogP contribution in [-0.2, 0) is 23.8 Å². The molecule has 0 amide bonds. The zero-order valence-corrected chi connectivity index (χ0v) is 38.8. The van der Waals surface area contributed by atoms with E-state index in [9.17, 15) is 9.59 Å². The van der Waals surface area contributed by atoms with Crippen LogP contribution in [0.1, 0.15) is 252 Å². The molecule has 0 bridgehead atoms. The van der Waals surface area contributed by atoms with Crippen molar-refractivity contribution in [3.05, 3.63) is 48.6 Å². The molecule has 0 saturated heterocycles. The van der Waals surface area contributed by atoms with Gasteiger partial charge < -0.3 is 14.2 Å². The molecule has 58 heavy (non-hydrogen) atoms. The predicted octanol–water partition coefficient (Wildman–Crippen LogP) is 16.8. The first-order valence-corrected chi connectivity index (χ1v) is 25.2. The van der Waals surface area contributed by atoms with Gasteiger partial charge in [0.2, 0.25) is 0 Å². The number of carbonyl (C=O) groups is 2. The molecule has 1 unspecified atom stereocenters. The molecule has 0 spiro atoms. The van der Waals surface area contributed by atoms with Crippen LogP contribution in [0.5, 0.6) is 0 Å². The van der Waals surface area contributed by atoms with Gasteiger partial charge in [-0.2, -0.15) is 0 Å². The minimum atomic E-state index is -0.540. The topological polar surface area (TPSA) is 61.8 Å². The SMILES string of the molecule is CCCCC/C=C\C/C=C\C/C=C\CCCCCCCCC(=O)OCC(COCCCCCCCC/C=C\CCCCCC)OC(=O)CCCCCCCCCCC. The van der Waals surface area contributed by atoms with E-state index in [0.29, 0.717) is 19.4 Å². The van der Waals surface area contributed by atoms with Gasteiger partial charge in [0.25, 0.3) is 0 Å². The monoisotopic (exact) mass is 813 g/mol. The average Bonchev–Trinajstić information content (AvgIpc) is 3.22. The number of rotatable bonds is 46. The van der Waals surface area contributed by atoms with Gasteiger partial charge in [-0.05, 0) is 83.5 Å². The highest BCUT2D eigenvalue weighted by molar-refractivity contribution is 5.70. The summed E-state index contributed by atoms with van der Waals surface area (Å²) < 4.78 is 17.3. The van der Waals surface area contributed by atoms with Gasteiger partial charge in [0.15, 0.2) is 6.10 Å². The zero-order chi connectivity index (χ0) is 42.1. The fourth-order valence-corrected chi connectivity index (χ4v) is 7.04. The van der Waals surface area contributed by atoms with E-state index in [1.165, 1.54) is 154 Å². The molecule has 0 aliphatic heterocycles. The van der Waals surface area contributed by atoms with E-state index >= 15 is 0 Å². The van der Waals surface area contributed by atoms with Crippen LogP contribution >= 0.6 is 0 Å². The van der Waals surface area contributed by atoms with Crippen molar-refractivity contribution in [3.8, 4) is 0 Å². The van der Waals surface area contributed by atoms with Gasteiger partial charge in [-0.15, -0.1) is 0 Å². The highest BCUT2D eigenvalue weighted by Gasteiger charge is 2.17. The van der Waals surface area contributed by atoms with Crippen LogP contribution in [0.3, 0.4) is 0 Å². The number of esters is 2. The second-order valence-electron chi connectivity index (χ2n) is 16.7. The fourth-order valence-electron chi connectivity index (χ4n) is 7.04. The molecule has 0 aromatic rings. The predicted molar refractivity (Wildman–Crippen MR) is 251 cm³/mol. The Morgan fingerprint density at radius 1 is 0.379 bits per heavy atom. The summed E-state index contributed by atoms with van der Waals surface area (Å²) in [5.74, 6) is -0.410. The molecular weight excluding hydrogens is 717 g/mol. The number of allylic oxidation sites excluding steroid dienone is 8. The van der Waals surface area contributed by atoms with E-state index < -0.39 is 6.10 Å². The molecule has 0 radical (unpaired) electrons. The highest BCUT2D eigenvalue weighted by Crippen LogP contribution is 2.14. The summed E-state index contributed by atoms with van der Waals surface area (Å²) in [7, 11) is 0. The zero-order valence-electron chi connectivity index (χ0n) is 38.8. The Morgan fingerprint density at radius 3 is 1.22 bits per heavy atom. The lowest BCUT2D eigenvalue weighted by atomic mass is 10.1. The largest absolute Gasteiger partial charge is 0.462 e. The molecule has 0 aliphatic carbocycles. The van der Waals surface area contributed by atoms with E-state index in [0.717, 1.165) is 64.2 Å². The summed E-state index contributed by atoms with van der Waals surface area (Å²) in [5, 5.41) is 0. The Hall–Kier alpha value is -2.14. The highest BCUT2D eigenvalue weighted by atomic mass is 16.6. The standard InChI is InChI=1S/C53H96O5/c1-4-7-10-13-16-19-21-23-25-26-27-28-29-30-32-35-37-40-43-46-52(54)57-50-51(58-53(55)47-44-41-38-34-18-15-12-9-6-3)49-56-48-45-42-39-36-33-31-24-22-20-17-14-11-8-5-2/h16,19-20,22-23,25,27-28,51H,4-15,17-18,21,24,26,29-50H2,1-3H3/b19-16-,22-20-,25-23-,28-27-. The maximum absolute atomic E-state index is 12.7. The van der Waals surface area contributed by atoms with Crippen LogP contribution < -0.4 is 0 Å². The second-order valence-corrected chi connectivity index (χ2v) is 16.7. The first kappa shape index (κ1) is 55.9. The second kappa shape index (κ2) is 49.2. The molecule has 0 aromatic carbocycles. The molecule has 0 saturated carbocycles. The lowest BCUT2D eigenvalue weighted by Gasteiger charge is -2.18. The minimum absolute atomic E-state index is 0.0784. The van der Waals surface area contributed by atoms with Crippen molar-refractivity contribution in [1.29, 1.82) is 0 Å². The summed E-state index contributed by atoms with van der Waals surface area (Å²) >= 11 is 0. The minimum Gasteiger partial charge on any atom is -0.462 e. The molecule has 0 N–H and O–H groups in total. The van der Waals surface area contributed by atoms with Crippen molar-refractivity contribution in [2.45, 2.75) is 258 Å². The van der Waals surface area contributed by atoms with Crippen molar-refractivity contribution < 1.29 is 23.8 Å². The molecule has 5 heteroatoms. The molecule has 5 nitrogen and oxygen atoms in total. The first-order valence-electron chi connectivity index (χ1n) is 25.2. The number of ether oxygens (including phenoxy) is 3. The molecule has 1 atom stereocenters. The van der Waals surface area contributed by atoms with Crippen molar-refractivity contribution in [2.75, 3.05) is 19.8 Å². The van der Waals surface area contributed by atoms with Crippen LogP contribution in [0.15, 0.2) is 48.6 Å². The van der Waals surface area contributed by atoms with E-state index in [4.69, 9.17) is 14.2 Å². The third kappa shape index (κ3) is 46.5. The van der Waals surface area contributed by atoms with E-state index in [-0.39, 0.29) is 25.2 Å². The molecular formula is C53H96O5. The summed E-state index contributed by atoms with van der Waals surface area (Å²) in [4.78, 5) is 25.3. The Balaban J connectivity index is 4.20. The number of unbranched alkanes of at least 4 members (excludes halogenated alkanes) is 27. The normalized spacial score (nSPS) is 12.5. The van der Waals surface area contributed by atoms with E-state index in [1.807, 2.05) is 0 Å². The lowest BCUT2D eigenvalue weighted by Crippen LogP contribution is -2.30. The summed E-state index contributed by atoms with van der Waals surface area (Å²) in [6, 6.07) is 0. The average molecular weight is 813 g/mol. The van der Waals surface area contributed by atoms with Crippen LogP contribution in [0, 0.1) is 0 Å². The molecule has 0 heterocycles. The van der Waals surface area contributed by atoms with Gasteiger partial charge in [-0.25, -0.2) is 0 Å². The van der Waals surface area contributed by atoms with Crippen LogP contribution in [0.2, 0.25) is 0 Å². The van der Waals surface area contributed by atoms with Gasteiger partial charge >= 0.3 is 11.9 Å². The molecule has 0 fully saturated rings. The maximum Gasteiger partial charge on any atom is 0.306 e. The Labute approximate surface area is 361 Å². The fraction of sp³-hybridized carbons (Fsp3) is 0.811. The number of hydrogen-bond donors (Lipinski definition) is 0. The summed E-state index contributed by atoms with van der Waals surface area (Å²) in [6.45, 7) is 7.77. The maximum atomic E-state index is 12.7. The molecule has 0 aliphatic rings. The smallest absolute Gasteiger partial charge is 0.306 e. The van der Waals surface area contributed by atoms with E-state index in [2.05, 4.69) is 69.4 Å². The molecule has 0 rings (SSSR count). The Bertz CT molecular complexity index is 966. The van der Waals surface area contributed by atoms with Gasteiger partial charge in [-0.3, -0.25) is 9.59 Å². The van der Waals surface area contributed by atoms with Gasteiger partial charge in [0, 0.05) is 19.4 Å². The van der Waals surface area contributed by atoms with E-state index in [1.54, 1.807) is 0 Å². The van der Waals surface area contributed by atoms with Gasteiger partial charge in [-0.1, -0.05) is 204 Å². The third-order valence-corrected chi connectivity index (χ3v) is 10.8. The Kier molecular flexibility index (Phi) is 47.4. The van der Waals surface area contributed by atoms with Crippen molar-refractivity contribution in [2.24, 2.45) is 0 Å². The van der Waals surface area contributed by atoms with Gasteiger partial charge in [0.1, 0.15) is 6.61 Å². The molecule has 0 aromatic heterocycles. The quantitative estimate of drug-likeness (QED) is 0.0348.